The standard InChI is InChI=1S/C18H24N4O4S2/c1-11-14-12(2)20-16(13-3-4-13)21-18(14)27-15(11)17(23)19-5-10-28(24,25)22-6-8-26-9-7-22/h13H,3-10H2,1-2H3,(H,19,23). The molecule has 4 rings (SSSR count). The van der Waals surface area contributed by atoms with E-state index >= 15 is 0 Å². The molecule has 1 saturated heterocycles. The van der Waals surface area contributed by atoms with Crippen LogP contribution in [0.15, 0.2) is 0 Å². The van der Waals surface area contributed by atoms with Crippen LogP contribution in [0.4, 0.5) is 0 Å². The lowest BCUT2D eigenvalue weighted by molar-refractivity contribution is 0.0730. The Balaban J connectivity index is 1.45. The molecule has 1 amide bonds. The largest absolute Gasteiger partial charge is 0.379 e. The van der Waals surface area contributed by atoms with Gasteiger partial charge in [-0.15, -0.1) is 11.3 Å². The monoisotopic (exact) mass is 424 g/mol. The molecule has 3 heterocycles. The number of aromatic nitrogens is 2. The number of ether oxygens (including phenoxy) is 1. The van der Waals surface area contributed by atoms with E-state index in [-0.39, 0.29) is 18.2 Å². The van der Waals surface area contributed by atoms with Crippen molar-refractivity contribution in [1.29, 1.82) is 0 Å². The number of rotatable bonds is 6. The maximum atomic E-state index is 12.7. The Bertz CT molecular complexity index is 1010. The number of nitrogens with zero attached hydrogens (tertiary/aromatic N) is 3. The minimum absolute atomic E-state index is 0.0736. The number of fused-ring (bicyclic) bond motifs is 1. The molecule has 2 fully saturated rings. The van der Waals surface area contributed by atoms with Gasteiger partial charge < -0.3 is 10.1 Å². The number of carbonyl (C=O) groups is 1. The third-order valence-corrected chi connectivity index (χ3v) is 8.20. The Morgan fingerprint density at radius 2 is 1.96 bits per heavy atom. The lowest BCUT2D eigenvalue weighted by Crippen LogP contribution is -2.43. The van der Waals surface area contributed by atoms with Crippen molar-refractivity contribution >= 4 is 37.5 Å². The van der Waals surface area contributed by atoms with Crippen LogP contribution in [0, 0.1) is 13.8 Å². The van der Waals surface area contributed by atoms with E-state index in [0.717, 1.165) is 40.1 Å². The maximum Gasteiger partial charge on any atom is 0.261 e. The summed E-state index contributed by atoms with van der Waals surface area (Å²) in [7, 11) is -3.39. The first-order chi connectivity index (χ1) is 13.4. The van der Waals surface area contributed by atoms with Gasteiger partial charge in [-0.3, -0.25) is 4.79 Å². The molecule has 8 nitrogen and oxygen atoms in total. The summed E-state index contributed by atoms with van der Waals surface area (Å²) in [5, 5.41) is 3.68. The van der Waals surface area contributed by atoms with Crippen molar-refractivity contribution in [3.8, 4) is 0 Å². The molecule has 1 aliphatic carbocycles. The van der Waals surface area contributed by atoms with Crippen LogP contribution in [0.25, 0.3) is 10.2 Å². The maximum absolute atomic E-state index is 12.7. The second-order valence-electron chi connectivity index (χ2n) is 7.26. The van der Waals surface area contributed by atoms with Gasteiger partial charge in [0.1, 0.15) is 10.7 Å². The Kier molecular flexibility index (Phi) is 5.38. The number of hydrogen-bond acceptors (Lipinski definition) is 7. The number of aryl methyl sites for hydroxylation is 2. The fourth-order valence-electron chi connectivity index (χ4n) is 3.43. The molecule has 1 N–H and O–H groups in total. The van der Waals surface area contributed by atoms with Crippen LogP contribution in [0.5, 0.6) is 0 Å². The Hall–Kier alpha value is -1.62. The van der Waals surface area contributed by atoms with Gasteiger partial charge in [0.15, 0.2) is 0 Å². The fraction of sp³-hybridized carbons (Fsp3) is 0.611. The summed E-state index contributed by atoms with van der Waals surface area (Å²) in [6.07, 6.45) is 2.25. The molecule has 1 aliphatic heterocycles. The van der Waals surface area contributed by atoms with Crippen molar-refractivity contribution in [3.05, 3.63) is 22.0 Å². The molecule has 0 aromatic carbocycles. The van der Waals surface area contributed by atoms with Gasteiger partial charge in [-0.25, -0.2) is 18.4 Å². The molecular formula is C18H24N4O4S2. The van der Waals surface area contributed by atoms with E-state index in [1.807, 2.05) is 13.8 Å². The van der Waals surface area contributed by atoms with Crippen molar-refractivity contribution in [3.63, 3.8) is 0 Å². The Labute approximate surface area is 168 Å². The smallest absolute Gasteiger partial charge is 0.261 e. The van der Waals surface area contributed by atoms with Crippen LogP contribution in [0.3, 0.4) is 0 Å². The van der Waals surface area contributed by atoms with Crippen LogP contribution in [0.2, 0.25) is 0 Å². The predicted molar refractivity (Wildman–Crippen MR) is 107 cm³/mol. The van der Waals surface area contributed by atoms with E-state index in [1.165, 1.54) is 15.6 Å². The third kappa shape index (κ3) is 3.91. The molecule has 0 unspecified atom stereocenters. The SMILES string of the molecule is Cc1nc(C2CC2)nc2sc(C(=O)NCCS(=O)(=O)N3CCOCC3)c(C)c12. The van der Waals surface area contributed by atoms with Crippen LogP contribution in [-0.4, -0.2) is 67.2 Å². The fourth-order valence-corrected chi connectivity index (χ4v) is 5.91. The van der Waals surface area contributed by atoms with Gasteiger partial charge in [0.25, 0.3) is 5.91 Å². The summed E-state index contributed by atoms with van der Waals surface area (Å²) in [5.41, 5.74) is 1.75. The van der Waals surface area contributed by atoms with E-state index in [0.29, 0.717) is 37.1 Å². The lowest BCUT2D eigenvalue weighted by atomic mass is 10.1. The number of hydrogen-bond donors (Lipinski definition) is 1. The van der Waals surface area contributed by atoms with Gasteiger partial charge in [0.05, 0.1) is 29.5 Å². The highest BCUT2D eigenvalue weighted by atomic mass is 32.2. The molecule has 152 valence electrons. The van der Waals surface area contributed by atoms with Crippen molar-refractivity contribution in [2.24, 2.45) is 0 Å². The highest BCUT2D eigenvalue weighted by molar-refractivity contribution is 7.89. The molecule has 0 bridgehead atoms. The first-order valence-corrected chi connectivity index (χ1v) is 11.9. The van der Waals surface area contributed by atoms with Gasteiger partial charge in [0, 0.05) is 30.9 Å². The van der Waals surface area contributed by atoms with Crippen LogP contribution >= 0.6 is 11.3 Å². The van der Waals surface area contributed by atoms with Gasteiger partial charge in [-0.1, -0.05) is 0 Å². The molecule has 28 heavy (non-hydrogen) atoms. The number of nitrogens with one attached hydrogen (secondary N) is 1. The highest BCUT2D eigenvalue weighted by Gasteiger charge is 2.29. The van der Waals surface area contributed by atoms with Crippen molar-refractivity contribution < 1.29 is 17.9 Å². The molecular weight excluding hydrogens is 400 g/mol. The van der Waals surface area contributed by atoms with E-state index in [9.17, 15) is 13.2 Å². The second-order valence-corrected chi connectivity index (χ2v) is 10.3. The molecule has 2 aromatic rings. The average molecular weight is 425 g/mol. The minimum Gasteiger partial charge on any atom is -0.379 e. The minimum atomic E-state index is -3.39. The molecule has 10 heteroatoms. The number of carbonyl (C=O) groups excluding carboxylic acids is 1. The van der Waals surface area contributed by atoms with E-state index in [1.54, 1.807) is 0 Å². The number of morpholine rings is 1. The summed E-state index contributed by atoms with van der Waals surface area (Å²) < 4.78 is 31.3. The number of amides is 1. The molecule has 0 atom stereocenters. The number of thiophene rings is 1. The third-order valence-electron chi connectivity index (χ3n) is 5.15. The second kappa shape index (κ2) is 7.66. The Morgan fingerprint density at radius 1 is 1.25 bits per heavy atom. The number of sulfonamides is 1. The van der Waals surface area contributed by atoms with Crippen LogP contribution in [-0.2, 0) is 14.8 Å². The van der Waals surface area contributed by atoms with Gasteiger partial charge in [-0.05, 0) is 32.3 Å². The molecule has 2 aliphatic rings. The van der Waals surface area contributed by atoms with E-state index < -0.39 is 10.0 Å². The molecule has 1 saturated carbocycles. The highest BCUT2D eigenvalue weighted by Crippen LogP contribution is 2.40. The summed E-state index contributed by atoms with van der Waals surface area (Å²) in [6.45, 7) is 5.48. The van der Waals surface area contributed by atoms with Crippen molar-refractivity contribution in [2.45, 2.75) is 32.6 Å². The van der Waals surface area contributed by atoms with E-state index in [2.05, 4.69) is 15.3 Å². The quantitative estimate of drug-likeness (QED) is 0.755. The molecule has 2 aromatic heterocycles. The summed E-state index contributed by atoms with van der Waals surface area (Å²) >= 11 is 1.35. The van der Waals surface area contributed by atoms with Crippen molar-refractivity contribution in [1.82, 2.24) is 19.6 Å². The van der Waals surface area contributed by atoms with E-state index in [4.69, 9.17) is 4.74 Å². The topological polar surface area (TPSA) is 101 Å². The normalized spacial score (nSPS) is 18.5. The molecule has 0 radical (unpaired) electrons. The van der Waals surface area contributed by atoms with Gasteiger partial charge in [0.2, 0.25) is 10.0 Å². The lowest BCUT2D eigenvalue weighted by Gasteiger charge is -2.26. The zero-order valence-electron chi connectivity index (χ0n) is 16.0. The van der Waals surface area contributed by atoms with Crippen LogP contribution < -0.4 is 5.32 Å². The first kappa shape index (κ1) is 19.7. The predicted octanol–water partition coefficient (Wildman–Crippen LogP) is 1.58. The van der Waals surface area contributed by atoms with Gasteiger partial charge >= 0.3 is 0 Å². The average Bonchev–Trinajstić information content (AvgIpc) is 3.46. The summed E-state index contributed by atoms with van der Waals surface area (Å²) in [5.74, 6) is 0.945. The Morgan fingerprint density at radius 3 is 2.64 bits per heavy atom. The van der Waals surface area contributed by atoms with Crippen molar-refractivity contribution in [2.75, 3.05) is 38.6 Å². The van der Waals surface area contributed by atoms with Crippen LogP contribution in [0.1, 0.15) is 45.5 Å². The summed E-state index contributed by atoms with van der Waals surface area (Å²) in [6, 6.07) is 0. The first-order valence-electron chi connectivity index (χ1n) is 9.48. The zero-order valence-corrected chi connectivity index (χ0v) is 17.7. The van der Waals surface area contributed by atoms with Gasteiger partial charge in [-0.2, -0.15) is 4.31 Å². The molecule has 0 spiro atoms. The zero-order chi connectivity index (χ0) is 19.9. The summed E-state index contributed by atoms with van der Waals surface area (Å²) in [4.78, 5) is 23.3.